The van der Waals surface area contributed by atoms with Crippen molar-refractivity contribution in [3.8, 4) is 6.07 Å². The van der Waals surface area contributed by atoms with Gasteiger partial charge < -0.3 is 14.2 Å². The summed E-state index contributed by atoms with van der Waals surface area (Å²) in [7, 11) is 0. The van der Waals surface area contributed by atoms with Gasteiger partial charge in [-0.3, -0.25) is 9.59 Å². The summed E-state index contributed by atoms with van der Waals surface area (Å²) in [6, 6.07) is 2.08. The molecule has 3 rings (SSSR count). The molecule has 23 heavy (non-hydrogen) atoms. The maximum Gasteiger partial charge on any atom is 0.516 e. The Bertz CT molecular complexity index is 621. The van der Waals surface area contributed by atoms with Gasteiger partial charge in [0.05, 0.1) is 11.5 Å². The summed E-state index contributed by atoms with van der Waals surface area (Å²) in [5.41, 5.74) is -1.86. The number of fused-ring (bicyclic) bond motifs is 1. The molecule has 7 nitrogen and oxygen atoms in total. The van der Waals surface area contributed by atoms with Crippen LogP contribution in [0.15, 0.2) is 0 Å². The largest absolute Gasteiger partial charge is 0.516 e. The predicted molar refractivity (Wildman–Crippen MR) is 74.6 cm³/mol. The van der Waals surface area contributed by atoms with Gasteiger partial charge in [0.2, 0.25) is 0 Å². The van der Waals surface area contributed by atoms with Crippen LogP contribution in [0.1, 0.15) is 40.0 Å². The number of ether oxygens (including phenoxy) is 3. The smallest absolute Gasteiger partial charge is 0.457 e. The molecule has 0 radical (unpaired) electrons. The molecule has 3 fully saturated rings. The fourth-order valence-electron chi connectivity index (χ4n) is 3.78. The van der Waals surface area contributed by atoms with E-state index in [9.17, 15) is 19.6 Å². The van der Waals surface area contributed by atoms with Gasteiger partial charge in [-0.2, -0.15) is 5.26 Å². The topological polar surface area (TPSA) is 103 Å². The van der Waals surface area contributed by atoms with E-state index in [1.807, 2.05) is 6.92 Å². The van der Waals surface area contributed by atoms with E-state index < -0.39 is 41.1 Å². The van der Waals surface area contributed by atoms with Gasteiger partial charge >= 0.3 is 18.1 Å². The van der Waals surface area contributed by atoms with Gasteiger partial charge in [0, 0.05) is 11.8 Å². The highest BCUT2D eigenvalue weighted by Gasteiger charge is 2.72. The first-order valence-electron chi connectivity index (χ1n) is 7.80. The van der Waals surface area contributed by atoms with Gasteiger partial charge in [0.25, 0.3) is 0 Å². The molecular weight excluding hydrogens is 302 g/mol. The molecule has 5 unspecified atom stereocenters. The van der Waals surface area contributed by atoms with E-state index in [0.29, 0.717) is 19.3 Å². The molecule has 2 saturated carbocycles. The molecule has 124 valence electrons. The molecular formula is C16H19NO6. The first-order chi connectivity index (χ1) is 10.7. The zero-order chi connectivity index (χ0) is 17.0. The van der Waals surface area contributed by atoms with Gasteiger partial charge in [0.15, 0.2) is 5.41 Å². The minimum atomic E-state index is -1.08. The molecule has 2 aliphatic carbocycles. The maximum absolute atomic E-state index is 12.0. The van der Waals surface area contributed by atoms with Crippen molar-refractivity contribution in [1.82, 2.24) is 0 Å². The fraction of sp³-hybridized carbons (Fsp3) is 0.750. The molecule has 2 bridgehead atoms. The van der Waals surface area contributed by atoms with Crippen LogP contribution in [0.2, 0.25) is 0 Å². The van der Waals surface area contributed by atoms with Crippen molar-refractivity contribution in [2.24, 2.45) is 22.7 Å². The summed E-state index contributed by atoms with van der Waals surface area (Å²) in [4.78, 5) is 35.7. The van der Waals surface area contributed by atoms with Gasteiger partial charge in [-0.1, -0.05) is 6.92 Å². The van der Waals surface area contributed by atoms with Crippen LogP contribution in [0.3, 0.4) is 0 Å². The van der Waals surface area contributed by atoms with E-state index in [2.05, 4.69) is 6.07 Å². The molecule has 7 heteroatoms. The highest BCUT2D eigenvalue weighted by molar-refractivity contribution is 5.86. The third kappa shape index (κ3) is 2.12. The second kappa shape index (κ2) is 4.95. The van der Waals surface area contributed by atoms with Gasteiger partial charge in [-0.05, 0) is 33.1 Å². The number of carbonyl (C=O) groups is 3. The predicted octanol–water partition coefficient (Wildman–Crippen LogP) is 1.95. The quantitative estimate of drug-likeness (QED) is 0.578. The van der Waals surface area contributed by atoms with Crippen molar-refractivity contribution in [3.05, 3.63) is 0 Å². The Morgan fingerprint density at radius 2 is 2.17 bits per heavy atom. The molecule has 5 atom stereocenters. The molecule has 1 saturated heterocycles. The lowest BCUT2D eigenvalue weighted by atomic mass is 9.75. The Hall–Kier alpha value is -2.10. The average Bonchev–Trinajstić information content (AvgIpc) is 3.09. The van der Waals surface area contributed by atoms with Gasteiger partial charge in [-0.15, -0.1) is 0 Å². The molecule has 0 spiro atoms. The molecule has 3 aliphatic rings. The van der Waals surface area contributed by atoms with Crippen LogP contribution in [0.4, 0.5) is 4.79 Å². The lowest BCUT2D eigenvalue weighted by molar-refractivity contribution is -0.154. The summed E-state index contributed by atoms with van der Waals surface area (Å²) < 4.78 is 15.3. The van der Waals surface area contributed by atoms with E-state index in [1.54, 1.807) is 13.8 Å². The summed E-state index contributed by atoms with van der Waals surface area (Å²) >= 11 is 0. The Labute approximate surface area is 133 Å². The van der Waals surface area contributed by atoms with Crippen LogP contribution in [0.5, 0.6) is 0 Å². The second-order valence-electron chi connectivity index (χ2n) is 7.22. The van der Waals surface area contributed by atoms with Gasteiger partial charge in [0.1, 0.15) is 12.2 Å². The van der Waals surface area contributed by atoms with E-state index in [-0.39, 0.29) is 11.8 Å². The van der Waals surface area contributed by atoms with Crippen molar-refractivity contribution < 1.29 is 28.6 Å². The number of esters is 2. The third-order valence-electron chi connectivity index (χ3n) is 5.61. The Balaban J connectivity index is 1.66. The molecule has 1 aliphatic heterocycles. The standard InChI is InChI=1S/C16H19NO6/c1-4-15(2,3)12(18)23-14(20)22-10-8-5-9-11(10)21-13(19)16(9,6-8)7-17/h8-11H,4-6H2,1-3H3. The van der Waals surface area contributed by atoms with E-state index in [1.165, 1.54) is 0 Å². The summed E-state index contributed by atoms with van der Waals surface area (Å²) in [6.45, 7) is 5.18. The second-order valence-corrected chi connectivity index (χ2v) is 7.22. The molecule has 0 amide bonds. The minimum Gasteiger partial charge on any atom is -0.457 e. The third-order valence-corrected chi connectivity index (χ3v) is 5.61. The van der Waals surface area contributed by atoms with Crippen LogP contribution < -0.4 is 0 Å². The summed E-state index contributed by atoms with van der Waals surface area (Å²) in [6.07, 6.45) is -0.857. The molecule has 0 aromatic heterocycles. The monoisotopic (exact) mass is 321 g/mol. The SMILES string of the molecule is CCC(C)(C)C(=O)OC(=O)OC1C2CC3C1OC(=O)C3(C#N)C2. The number of carbonyl (C=O) groups excluding carboxylic acids is 3. The average molecular weight is 321 g/mol. The summed E-state index contributed by atoms with van der Waals surface area (Å²) in [5, 5.41) is 9.31. The van der Waals surface area contributed by atoms with Crippen molar-refractivity contribution >= 4 is 18.1 Å². The highest BCUT2D eigenvalue weighted by atomic mass is 16.8. The van der Waals surface area contributed by atoms with Crippen LogP contribution in [-0.4, -0.2) is 30.3 Å². The molecule has 0 N–H and O–H groups in total. The van der Waals surface area contributed by atoms with Crippen molar-refractivity contribution in [2.75, 3.05) is 0 Å². The number of rotatable bonds is 3. The van der Waals surface area contributed by atoms with Crippen LogP contribution in [0.25, 0.3) is 0 Å². The summed E-state index contributed by atoms with van der Waals surface area (Å²) in [5.74, 6) is -1.54. The number of hydrogen-bond acceptors (Lipinski definition) is 7. The van der Waals surface area contributed by atoms with E-state index >= 15 is 0 Å². The Kier molecular flexibility index (Phi) is 3.40. The lowest BCUT2D eigenvalue weighted by Gasteiger charge is -2.27. The first-order valence-corrected chi connectivity index (χ1v) is 7.80. The first kappa shape index (κ1) is 15.8. The van der Waals surface area contributed by atoms with Crippen molar-refractivity contribution in [1.29, 1.82) is 5.26 Å². The Morgan fingerprint density at radius 1 is 1.48 bits per heavy atom. The maximum atomic E-state index is 12.0. The normalized spacial score (nSPS) is 37.2. The van der Waals surface area contributed by atoms with Crippen molar-refractivity contribution in [3.63, 3.8) is 0 Å². The Morgan fingerprint density at radius 3 is 2.78 bits per heavy atom. The van der Waals surface area contributed by atoms with Crippen LogP contribution in [-0.2, 0) is 23.8 Å². The number of hydrogen-bond donors (Lipinski definition) is 0. The molecule has 0 aromatic rings. The zero-order valence-corrected chi connectivity index (χ0v) is 13.3. The van der Waals surface area contributed by atoms with Crippen LogP contribution in [0, 0.1) is 34.0 Å². The number of nitriles is 1. The minimum absolute atomic E-state index is 0.113. The van der Waals surface area contributed by atoms with Crippen molar-refractivity contribution in [2.45, 2.75) is 52.2 Å². The van der Waals surface area contributed by atoms with Gasteiger partial charge in [-0.25, -0.2) is 4.79 Å². The van der Waals surface area contributed by atoms with E-state index in [4.69, 9.17) is 14.2 Å². The lowest BCUT2D eigenvalue weighted by Crippen LogP contribution is -2.40. The number of nitrogens with zero attached hydrogens (tertiary/aromatic N) is 1. The van der Waals surface area contributed by atoms with E-state index in [0.717, 1.165) is 0 Å². The molecule has 1 heterocycles. The highest BCUT2D eigenvalue weighted by Crippen LogP contribution is 2.62. The molecule has 0 aromatic carbocycles. The fourth-order valence-corrected chi connectivity index (χ4v) is 3.78. The van der Waals surface area contributed by atoms with Crippen LogP contribution >= 0.6 is 0 Å². The zero-order valence-electron chi connectivity index (χ0n) is 13.3.